The van der Waals surface area contributed by atoms with Gasteiger partial charge < -0.3 is 9.80 Å². The third-order valence-electron chi connectivity index (χ3n) is 4.15. The molecule has 1 amide bonds. The zero-order valence-corrected chi connectivity index (χ0v) is 14.1. The Hall–Kier alpha value is -2.55. The molecule has 1 aliphatic heterocycles. The van der Waals surface area contributed by atoms with Crippen molar-refractivity contribution in [3.63, 3.8) is 0 Å². The second-order valence-electron chi connectivity index (χ2n) is 5.72. The van der Waals surface area contributed by atoms with Gasteiger partial charge in [-0.05, 0) is 12.1 Å². The van der Waals surface area contributed by atoms with Crippen LogP contribution >= 0.6 is 11.6 Å². The maximum Gasteiger partial charge on any atom is 0.417 e. The van der Waals surface area contributed by atoms with Crippen LogP contribution in [0.5, 0.6) is 0 Å². The van der Waals surface area contributed by atoms with E-state index >= 15 is 0 Å². The van der Waals surface area contributed by atoms with Crippen molar-refractivity contribution < 1.29 is 18.0 Å². The van der Waals surface area contributed by atoms with Gasteiger partial charge in [-0.3, -0.25) is 9.59 Å². The Balaban J connectivity index is 1.76. The van der Waals surface area contributed by atoms with Gasteiger partial charge in [0, 0.05) is 26.2 Å². The van der Waals surface area contributed by atoms with Crippen molar-refractivity contribution in [3.05, 3.63) is 57.0 Å². The second kappa shape index (κ2) is 6.99. The highest BCUT2D eigenvalue weighted by atomic mass is 35.5. The van der Waals surface area contributed by atoms with Crippen LogP contribution in [0.1, 0.15) is 15.9 Å². The van der Waals surface area contributed by atoms with E-state index in [1.807, 2.05) is 0 Å². The number of rotatable bonds is 2. The van der Waals surface area contributed by atoms with Crippen molar-refractivity contribution in [1.29, 1.82) is 0 Å². The molecule has 138 valence electrons. The molecule has 0 radical (unpaired) electrons. The zero-order valence-electron chi connectivity index (χ0n) is 13.4. The van der Waals surface area contributed by atoms with Crippen molar-refractivity contribution >= 4 is 23.2 Å². The molecule has 1 saturated heterocycles. The smallest absolute Gasteiger partial charge is 0.365 e. The summed E-state index contributed by atoms with van der Waals surface area (Å²) >= 11 is 5.96. The molecule has 1 aromatic heterocycles. The van der Waals surface area contributed by atoms with Gasteiger partial charge in [-0.2, -0.15) is 18.3 Å². The number of alkyl halides is 3. The molecular weight excluding hydrogens is 373 g/mol. The minimum Gasteiger partial charge on any atom is -0.365 e. The lowest BCUT2D eigenvalue weighted by Gasteiger charge is -2.36. The molecule has 2 heterocycles. The van der Waals surface area contributed by atoms with Crippen molar-refractivity contribution in [2.45, 2.75) is 6.18 Å². The number of aromatic nitrogens is 2. The first kappa shape index (κ1) is 18.2. The zero-order chi connectivity index (χ0) is 18.9. The van der Waals surface area contributed by atoms with E-state index in [2.05, 4.69) is 10.2 Å². The van der Waals surface area contributed by atoms with E-state index in [1.54, 1.807) is 4.90 Å². The molecule has 0 saturated carbocycles. The van der Waals surface area contributed by atoms with E-state index in [1.165, 1.54) is 29.3 Å². The molecular formula is C16H14ClF3N4O2. The molecule has 1 fully saturated rings. The molecule has 2 aromatic rings. The Bertz CT molecular complexity index is 876. The van der Waals surface area contributed by atoms with E-state index in [0.717, 1.165) is 6.07 Å². The molecule has 1 aliphatic rings. The molecule has 26 heavy (non-hydrogen) atoms. The fraction of sp³-hybridized carbons (Fsp3) is 0.312. The van der Waals surface area contributed by atoms with Crippen LogP contribution in [0.2, 0.25) is 5.02 Å². The standard InChI is InChI=1S/C16H14ClF3N4O2/c17-13-12(9-21-22-14(13)25)23-5-7-24(8-6-23)15(26)10-3-1-2-4-11(10)16(18,19)20/h1-4,9H,5-8H2,(H,22,25). The van der Waals surface area contributed by atoms with Crippen LogP contribution in [0, 0.1) is 0 Å². The summed E-state index contributed by atoms with van der Waals surface area (Å²) in [5, 5.41) is 5.89. The van der Waals surface area contributed by atoms with E-state index in [9.17, 15) is 22.8 Å². The lowest BCUT2D eigenvalue weighted by atomic mass is 10.1. The Morgan fingerprint density at radius 1 is 1.15 bits per heavy atom. The number of nitrogens with zero attached hydrogens (tertiary/aromatic N) is 3. The summed E-state index contributed by atoms with van der Waals surface area (Å²) in [5.74, 6) is -0.673. The number of hydrogen-bond donors (Lipinski definition) is 1. The average Bonchev–Trinajstić information content (AvgIpc) is 2.63. The van der Waals surface area contributed by atoms with Gasteiger partial charge in [-0.15, -0.1) is 0 Å². The summed E-state index contributed by atoms with van der Waals surface area (Å²) < 4.78 is 39.3. The minimum atomic E-state index is -4.60. The van der Waals surface area contributed by atoms with Gasteiger partial charge in [-0.1, -0.05) is 23.7 Å². The largest absolute Gasteiger partial charge is 0.417 e. The first-order valence-electron chi connectivity index (χ1n) is 7.72. The molecule has 1 N–H and O–H groups in total. The summed E-state index contributed by atoms with van der Waals surface area (Å²) in [6, 6.07) is 4.72. The third-order valence-corrected chi connectivity index (χ3v) is 4.51. The number of piperazine rings is 1. The summed E-state index contributed by atoms with van der Waals surface area (Å²) in [4.78, 5) is 27.2. The second-order valence-corrected chi connectivity index (χ2v) is 6.10. The van der Waals surface area contributed by atoms with Crippen LogP contribution in [-0.2, 0) is 6.18 Å². The number of hydrogen-bond acceptors (Lipinski definition) is 4. The predicted octanol–water partition coefficient (Wildman–Crippen LogP) is 2.40. The number of halogens is 4. The van der Waals surface area contributed by atoms with Gasteiger partial charge in [0.25, 0.3) is 11.5 Å². The van der Waals surface area contributed by atoms with Crippen molar-refractivity contribution in [3.8, 4) is 0 Å². The lowest BCUT2D eigenvalue weighted by molar-refractivity contribution is -0.138. The Morgan fingerprint density at radius 2 is 1.81 bits per heavy atom. The predicted molar refractivity (Wildman–Crippen MR) is 89.4 cm³/mol. The topological polar surface area (TPSA) is 69.3 Å². The molecule has 6 nitrogen and oxygen atoms in total. The third kappa shape index (κ3) is 3.52. The molecule has 3 rings (SSSR count). The van der Waals surface area contributed by atoms with Gasteiger partial charge in [0.1, 0.15) is 5.02 Å². The first-order valence-corrected chi connectivity index (χ1v) is 8.10. The summed E-state index contributed by atoms with van der Waals surface area (Å²) in [7, 11) is 0. The normalized spacial score (nSPS) is 15.2. The number of H-pyrrole nitrogens is 1. The molecule has 0 aliphatic carbocycles. The lowest BCUT2D eigenvalue weighted by Crippen LogP contribution is -2.49. The van der Waals surface area contributed by atoms with Crippen LogP contribution < -0.4 is 10.5 Å². The van der Waals surface area contributed by atoms with Crippen LogP contribution in [0.3, 0.4) is 0 Å². The van der Waals surface area contributed by atoms with Crippen LogP contribution in [0.15, 0.2) is 35.3 Å². The maximum atomic E-state index is 13.1. The molecule has 1 aromatic carbocycles. The number of nitrogens with one attached hydrogen (secondary N) is 1. The Morgan fingerprint density at radius 3 is 2.46 bits per heavy atom. The van der Waals surface area contributed by atoms with Crippen molar-refractivity contribution in [2.75, 3.05) is 31.1 Å². The Labute approximate surface area is 151 Å². The van der Waals surface area contributed by atoms with Gasteiger partial charge in [-0.25, -0.2) is 5.10 Å². The molecule has 0 unspecified atom stereocenters. The Kier molecular flexibility index (Phi) is 4.90. The quantitative estimate of drug-likeness (QED) is 0.860. The number of benzene rings is 1. The fourth-order valence-electron chi connectivity index (χ4n) is 2.83. The number of carbonyl (C=O) groups is 1. The highest BCUT2D eigenvalue weighted by molar-refractivity contribution is 6.33. The van der Waals surface area contributed by atoms with Crippen LogP contribution in [-0.4, -0.2) is 47.2 Å². The molecule has 0 atom stereocenters. The van der Waals surface area contributed by atoms with Crippen LogP contribution in [0.25, 0.3) is 0 Å². The fourth-order valence-corrected chi connectivity index (χ4v) is 3.04. The van der Waals surface area contributed by atoms with E-state index in [-0.39, 0.29) is 23.7 Å². The summed E-state index contributed by atoms with van der Waals surface area (Å²) in [5.41, 5.74) is -1.42. The number of anilines is 1. The minimum absolute atomic E-state index is 0.0119. The molecule has 10 heteroatoms. The van der Waals surface area contributed by atoms with Crippen molar-refractivity contribution in [1.82, 2.24) is 15.1 Å². The summed E-state index contributed by atoms with van der Waals surface area (Å²) in [6.45, 7) is 1.05. The van der Waals surface area contributed by atoms with Gasteiger partial charge in [0.15, 0.2) is 0 Å². The SMILES string of the molecule is O=C(c1ccccc1C(F)(F)F)N1CCN(c2cn[nH]c(=O)c2Cl)CC1. The summed E-state index contributed by atoms with van der Waals surface area (Å²) in [6.07, 6.45) is -3.20. The first-order chi connectivity index (χ1) is 12.3. The number of aromatic amines is 1. The number of carbonyl (C=O) groups excluding carboxylic acids is 1. The van der Waals surface area contributed by atoms with Gasteiger partial charge >= 0.3 is 6.18 Å². The van der Waals surface area contributed by atoms with Gasteiger partial charge in [0.05, 0.1) is 23.0 Å². The molecule has 0 bridgehead atoms. The highest BCUT2D eigenvalue weighted by Gasteiger charge is 2.36. The number of amides is 1. The van der Waals surface area contributed by atoms with E-state index in [4.69, 9.17) is 11.6 Å². The van der Waals surface area contributed by atoms with E-state index < -0.39 is 23.2 Å². The molecule has 0 spiro atoms. The highest BCUT2D eigenvalue weighted by Crippen LogP contribution is 2.32. The monoisotopic (exact) mass is 386 g/mol. The van der Waals surface area contributed by atoms with Gasteiger partial charge in [0.2, 0.25) is 0 Å². The van der Waals surface area contributed by atoms with E-state index in [0.29, 0.717) is 18.8 Å². The van der Waals surface area contributed by atoms with Crippen LogP contribution in [0.4, 0.5) is 18.9 Å². The maximum absolute atomic E-state index is 13.1. The average molecular weight is 387 g/mol. The van der Waals surface area contributed by atoms with Crippen molar-refractivity contribution in [2.24, 2.45) is 0 Å².